The van der Waals surface area contributed by atoms with Crippen molar-refractivity contribution < 1.29 is 31.1 Å². The quantitative estimate of drug-likeness (QED) is 0.510. The maximum atomic E-state index is 8.81. The Hall–Kier alpha value is 1.20. The van der Waals surface area contributed by atoms with E-state index in [-0.39, 0.29) is 21.1 Å². The van der Waals surface area contributed by atoms with Gasteiger partial charge in [-0.25, -0.2) is 0 Å². The number of hydrogen-bond acceptors (Lipinski definition) is 1. The van der Waals surface area contributed by atoms with E-state index in [1.54, 1.807) is 0 Å². The van der Waals surface area contributed by atoms with Crippen LogP contribution in [0.1, 0.15) is 0 Å². The minimum Gasteiger partial charge on any atom is 0 e. The van der Waals surface area contributed by atoms with E-state index in [1.807, 2.05) is 0 Å². The monoisotopic (exact) mass is 364 g/mol. The van der Waals surface area contributed by atoms with Gasteiger partial charge in [0.05, 0.1) is 0 Å². The van der Waals surface area contributed by atoms with Gasteiger partial charge < -0.3 is 0 Å². The second kappa shape index (κ2) is 5.20. The summed E-state index contributed by atoms with van der Waals surface area (Å²) in [5, 5.41) is 0. The molecular formula is H2O3TeW. The summed E-state index contributed by atoms with van der Waals surface area (Å²) >= 11 is -3.61. The topological polar surface area (TPSA) is 57.5 Å². The van der Waals surface area contributed by atoms with Crippen LogP contribution in [0.15, 0.2) is 0 Å². The molecule has 3 nitrogen and oxygen atoms in total. The predicted molar refractivity (Wildman–Crippen MR) is 10.9 cm³/mol. The second-order valence-corrected chi connectivity index (χ2v) is 1.55. The van der Waals surface area contributed by atoms with Crippen molar-refractivity contribution in [3.63, 3.8) is 0 Å². The van der Waals surface area contributed by atoms with Gasteiger partial charge >= 0.3 is 30.4 Å². The van der Waals surface area contributed by atoms with Crippen molar-refractivity contribution in [1.82, 2.24) is 0 Å². The van der Waals surface area contributed by atoms with Gasteiger partial charge in [0.15, 0.2) is 0 Å². The fourth-order valence-corrected chi connectivity index (χ4v) is 0. The van der Waals surface area contributed by atoms with E-state index in [9.17, 15) is 0 Å². The van der Waals surface area contributed by atoms with Gasteiger partial charge in [-0.05, 0) is 0 Å². The zero-order valence-electron chi connectivity index (χ0n) is 2.12. The molecule has 0 fully saturated rings. The first-order valence-corrected chi connectivity index (χ1v) is 3.57. The third-order valence-corrected chi connectivity index (χ3v) is 0. The van der Waals surface area contributed by atoms with Crippen molar-refractivity contribution in [3.05, 3.63) is 0 Å². The molecule has 0 bridgehead atoms. The molecule has 0 aromatic rings. The zero-order valence-corrected chi connectivity index (χ0v) is 7.38. The van der Waals surface area contributed by atoms with E-state index in [4.69, 9.17) is 10.0 Å². The van der Waals surface area contributed by atoms with Crippen LogP contribution in [0.4, 0.5) is 0 Å². The van der Waals surface area contributed by atoms with E-state index < -0.39 is 20.4 Å². The van der Waals surface area contributed by atoms with Gasteiger partial charge in [-0.15, -0.1) is 0 Å². The average molecular weight is 361 g/mol. The zero-order chi connectivity index (χ0) is 3.58. The standard InChI is InChI=1S/H2O3Te.W/c1-4(2)3;/h(H2,1,2,3);. The molecular weight excluding hydrogens is 359 g/mol. The summed E-state index contributed by atoms with van der Waals surface area (Å²) in [5.41, 5.74) is 0. The normalized spacial score (nSPS) is 7.00. The maximum absolute atomic E-state index is 8.81. The fourth-order valence-electron chi connectivity index (χ4n) is 0. The van der Waals surface area contributed by atoms with E-state index in [2.05, 4.69) is 0 Å². The summed E-state index contributed by atoms with van der Waals surface area (Å²) in [6, 6.07) is 0. The average Bonchev–Trinajstić information content (AvgIpc) is 0.811. The Kier molecular flexibility index (Phi) is 9.88. The Morgan fingerprint density at radius 1 is 1.40 bits per heavy atom. The van der Waals surface area contributed by atoms with Gasteiger partial charge in [-0.3, -0.25) is 0 Å². The Labute approximate surface area is 51.4 Å². The molecule has 0 amide bonds. The molecule has 0 aliphatic heterocycles. The molecule has 0 aromatic heterocycles. The first-order chi connectivity index (χ1) is 1.73. The third kappa shape index (κ3) is 37.0. The summed E-state index contributed by atoms with van der Waals surface area (Å²) in [6.45, 7) is 0. The number of rotatable bonds is 0. The fraction of sp³-hybridized carbons (Fsp3) is 0. The van der Waals surface area contributed by atoms with Crippen molar-refractivity contribution in [1.29, 1.82) is 0 Å². The van der Waals surface area contributed by atoms with Crippen LogP contribution in [0.2, 0.25) is 0 Å². The molecule has 0 atom stereocenters. The minimum absolute atomic E-state index is 0. The first kappa shape index (κ1) is 9.50. The van der Waals surface area contributed by atoms with Crippen LogP contribution in [0.5, 0.6) is 0 Å². The van der Waals surface area contributed by atoms with Crippen LogP contribution in [-0.4, -0.2) is 27.3 Å². The molecule has 0 saturated heterocycles. The summed E-state index contributed by atoms with van der Waals surface area (Å²) in [7, 11) is 0. The van der Waals surface area contributed by atoms with E-state index in [1.165, 1.54) is 0 Å². The Morgan fingerprint density at radius 2 is 1.40 bits per heavy atom. The summed E-state index contributed by atoms with van der Waals surface area (Å²) in [4.78, 5) is 0. The van der Waals surface area contributed by atoms with E-state index >= 15 is 0 Å². The number of hydrogen-bond donors (Lipinski definition) is 2. The largest absolute Gasteiger partial charge is 0 e. The summed E-state index contributed by atoms with van der Waals surface area (Å²) in [5.74, 6) is 0. The van der Waals surface area contributed by atoms with Crippen molar-refractivity contribution in [2.75, 3.05) is 0 Å². The van der Waals surface area contributed by atoms with Crippen molar-refractivity contribution in [3.8, 4) is 0 Å². The summed E-state index contributed by atoms with van der Waals surface area (Å²) < 4.78 is 23.3. The second-order valence-electron chi connectivity index (χ2n) is 0.231. The molecule has 0 saturated carbocycles. The molecule has 0 heterocycles. The van der Waals surface area contributed by atoms with Crippen LogP contribution in [0.3, 0.4) is 0 Å². The van der Waals surface area contributed by atoms with Crippen LogP contribution in [0.25, 0.3) is 0 Å². The molecule has 0 radical (unpaired) electrons. The maximum Gasteiger partial charge on any atom is 0 e. The Bertz CT molecular complexity index is 29.9. The minimum atomic E-state index is -3.61. The van der Waals surface area contributed by atoms with Gasteiger partial charge in [0.25, 0.3) is 0 Å². The van der Waals surface area contributed by atoms with Crippen LogP contribution >= 0.6 is 0 Å². The van der Waals surface area contributed by atoms with Gasteiger partial charge in [0, 0.05) is 21.1 Å². The smallest absolute Gasteiger partial charge is 0 e. The SMILES string of the molecule is O=[Te](O)O.[W]. The molecule has 0 unspecified atom stereocenters. The molecule has 0 aliphatic rings. The van der Waals surface area contributed by atoms with Gasteiger partial charge in [0.1, 0.15) is 0 Å². The molecule has 32 valence electrons. The van der Waals surface area contributed by atoms with Crippen LogP contribution in [-0.2, 0) is 24.2 Å². The van der Waals surface area contributed by atoms with E-state index in [0.717, 1.165) is 0 Å². The van der Waals surface area contributed by atoms with Crippen molar-refractivity contribution in [2.24, 2.45) is 0 Å². The molecule has 0 spiro atoms. The molecule has 0 rings (SSSR count). The van der Waals surface area contributed by atoms with Gasteiger partial charge in [0.2, 0.25) is 0 Å². The molecule has 2 N–H and O–H groups in total. The van der Waals surface area contributed by atoms with Crippen LogP contribution in [0, 0.1) is 0 Å². The third-order valence-electron chi connectivity index (χ3n) is 0. The molecule has 0 aromatic carbocycles. The molecule has 0 aliphatic carbocycles. The van der Waals surface area contributed by atoms with Crippen molar-refractivity contribution >= 4 is 20.4 Å². The first-order valence-electron chi connectivity index (χ1n) is 0.532. The Morgan fingerprint density at radius 3 is 1.40 bits per heavy atom. The molecule has 5 heavy (non-hydrogen) atoms. The van der Waals surface area contributed by atoms with E-state index in [0.29, 0.717) is 0 Å². The Balaban J connectivity index is 0. The van der Waals surface area contributed by atoms with Crippen LogP contribution < -0.4 is 0 Å². The molecule has 5 heteroatoms. The van der Waals surface area contributed by atoms with Crippen molar-refractivity contribution in [2.45, 2.75) is 0 Å². The summed E-state index contributed by atoms with van der Waals surface area (Å²) in [6.07, 6.45) is 0. The van der Waals surface area contributed by atoms with Gasteiger partial charge in [-0.2, -0.15) is 0 Å². The van der Waals surface area contributed by atoms with Gasteiger partial charge in [-0.1, -0.05) is 0 Å². The predicted octanol–water partition coefficient (Wildman–Crippen LogP) is -1.62.